The highest BCUT2D eigenvalue weighted by atomic mass is 16.5. The van der Waals surface area contributed by atoms with Crippen molar-refractivity contribution in [2.45, 2.75) is 13.8 Å². The Morgan fingerprint density at radius 1 is 1.03 bits per heavy atom. The van der Waals surface area contributed by atoms with Gasteiger partial charge in [0.2, 0.25) is 0 Å². The number of benzene rings is 3. The summed E-state index contributed by atoms with van der Waals surface area (Å²) in [6.07, 6.45) is 2.01. The molecule has 0 aliphatic heterocycles. The normalized spacial score (nSPS) is 10.6. The number of rotatable bonds is 7. The highest BCUT2D eigenvalue weighted by Crippen LogP contribution is 2.32. The number of aromatic nitrogens is 2. The summed E-state index contributed by atoms with van der Waals surface area (Å²) in [5, 5.41) is 9.15. The Morgan fingerprint density at radius 3 is 2.48 bits per heavy atom. The molecule has 0 fully saturated rings. The molecule has 0 bridgehead atoms. The van der Waals surface area contributed by atoms with Crippen LogP contribution in [0.1, 0.15) is 24.2 Å². The number of aromatic amines is 1. The molecule has 0 saturated carbocycles. The number of carboxylic acids is 1. The Balaban J connectivity index is 1.52. The molecule has 6 nitrogen and oxygen atoms in total. The minimum Gasteiger partial charge on any atom is -0.486 e. The molecular weight excluding hydrogens is 392 g/mol. The number of imidazole rings is 1. The van der Waals surface area contributed by atoms with Crippen molar-refractivity contribution in [1.82, 2.24) is 9.97 Å². The number of hydrogen-bond donors (Lipinski definition) is 2. The average molecular weight is 414 g/mol. The van der Waals surface area contributed by atoms with Gasteiger partial charge >= 0.3 is 5.97 Å². The number of H-pyrrole nitrogens is 1. The van der Waals surface area contributed by atoms with Crippen molar-refractivity contribution in [1.29, 1.82) is 0 Å². The van der Waals surface area contributed by atoms with Gasteiger partial charge in [-0.3, -0.25) is 0 Å². The monoisotopic (exact) mass is 414 g/mol. The summed E-state index contributed by atoms with van der Waals surface area (Å²) in [5.41, 5.74) is 3.67. The number of nitrogens with one attached hydrogen (secondary N) is 1. The third-order valence-electron chi connectivity index (χ3n) is 4.66. The highest BCUT2D eigenvalue weighted by molar-refractivity contribution is 5.93. The molecule has 0 saturated heterocycles. The fourth-order valence-electron chi connectivity index (χ4n) is 3.04. The van der Waals surface area contributed by atoms with Crippen LogP contribution in [0.5, 0.6) is 17.2 Å². The molecule has 3 aromatic carbocycles. The average Bonchev–Trinajstić information content (AvgIpc) is 3.18. The lowest BCUT2D eigenvalue weighted by atomic mass is 10.2. The number of ether oxygens (including phenoxy) is 2. The van der Waals surface area contributed by atoms with Gasteiger partial charge in [0.05, 0.1) is 16.6 Å². The third kappa shape index (κ3) is 4.75. The first-order valence-corrected chi connectivity index (χ1v) is 9.86. The van der Waals surface area contributed by atoms with Crippen LogP contribution in [0.15, 0.2) is 78.4 Å². The van der Waals surface area contributed by atoms with Gasteiger partial charge in [-0.25, -0.2) is 9.78 Å². The molecule has 0 spiro atoms. The van der Waals surface area contributed by atoms with Crippen LogP contribution in [-0.4, -0.2) is 27.7 Å². The van der Waals surface area contributed by atoms with E-state index in [2.05, 4.69) is 9.97 Å². The van der Waals surface area contributed by atoms with Gasteiger partial charge in [-0.1, -0.05) is 17.7 Å². The van der Waals surface area contributed by atoms with Crippen molar-refractivity contribution < 1.29 is 19.4 Å². The molecule has 1 heterocycles. The van der Waals surface area contributed by atoms with E-state index in [4.69, 9.17) is 14.6 Å². The van der Waals surface area contributed by atoms with E-state index in [0.717, 1.165) is 5.56 Å². The summed E-state index contributed by atoms with van der Waals surface area (Å²) in [4.78, 5) is 18.9. The molecule has 2 N–H and O–H groups in total. The second kappa shape index (κ2) is 8.75. The van der Waals surface area contributed by atoms with Gasteiger partial charge in [0.25, 0.3) is 0 Å². The van der Waals surface area contributed by atoms with E-state index in [1.807, 2.05) is 68.5 Å². The molecule has 1 aromatic heterocycles. The summed E-state index contributed by atoms with van der Waals surface area (Å²) in [7, 11) is 0. The second-order valence-corrected chi connectivity index (χ2v) is 7.29. The first-order chi connectivity index (χ1) is 15.0. The molecule has 0 unspecified atom stereocenters. The lowest BCUT2D eigenvalue weighted by Gasteiger charge is -2.11. The molecule has 0 aliphatic carbocycles. The van der Waals surface area contributed by atoms with E-state index in [-0.39, 0.29) is 5.56 Å². The number of hydrogen-bond acceptors (Lipinski definition) is 4. The zero-order valence-corrected chi connectivity index (χ0v) is 17.3. The minimum absolute atomic E-state index is 0.219. The Labute approximate surface area is 179 Å². The largest absolute Gasteiger partial charge is 0.486 e. The molecule has 0 aliphatic rings. The van der Waals surface area contributed by atoms with Crippen LogP contribution in [-0.2, 0) is 0 Å². The Bertz CT molecular complexity index is 1250. The molecule has 0 radical (unpaired) electrons. The van der Waals surface area contributed by atoms with Crippen molar-refractivity contribution in [3.05, 3.63) is 83.9 Å². The van der Waals surface area contributed by atoms with E-state index in [1.54, 1.807) is 18.2 Å². The van der Waals surface area contributed by atoms with Gasteiger partial charge in [0.15, 0.2) is 11.5 Å². The summed E-state index contributed by atoms with van der Waals surface area (Å²) in [5.74, 6) is 1.68. The summed E-state index contributed by atoms with van der Waals surface area (Å²) in [6, 6.07) is 19.9. The minimum atomic E-state index is -0.968. The Hall–Kier alpha value is -4.06. The van der Waals surface area contributed by atoms with Gasteiger partial charge in [-0.05, 0) is 74.5 Å². The van der Waals surface area contributed by atoms with Gasteiger partial charge in [0, 0.05) is 5.56 Å². The van der Waals surface area contributed by atoms with Crippen molar-refractivity contribution >= 4 is 17.0 Å². The Morgan fingerprint density at radius 2 is 1.77 bits per heavy atom. The Kier molecular flexibility index (Phi) is 5.71. The highest BCUT2D eigenvalue weighted by Gasteiger charge is 2.10. The molecule has 4 aromatic rings. The van der Waals surface area contributed by atoms with Gasteiger partial charge < -0.3 is 19.6 Å². The number of aromatic carboxylic acids is 1. The number of para-hydroxylation sites is 2. The maximum atomic E-state index is 11.2. The number of carboxylic acid groups (broad SMARTS) is 1. The van der Waals surface area contributed by atoms with Crippen LogP contribution in [0.2, 0.25) is 0 Å². The summed E-state index contributed by atoms with van der Waals surface area (Å²) in [6.45, 7) is 4.54. The fraction of sp³-hybridized carbons (Fsp3) is 0.120. The molecule has 31 heavy (non-hydrogen) atoms. The standard InChI is InChI=1S/C25H22N2O4/c1-16(2)13-14-30-22-5-3-4-6-23(22)31-19-10-7-17(8-11-19)24-26-20-12-9-18(25(28)29)15-21(20)27-24/h3-13,15H,14H2,1-2H3,(H,26,27)(H,28,29). The topological polar surface area (TPSA) is 84.4 Å². The predicted molar refractivity (Wildman–Crippen MR) is 120 cm³/mol. The molecule has 0 atom stereocenters. The van der Waals surface area contributed by atoms with E-state index < -0.39 is 5.97 Å². The number of allylic oxidation sites excluding steroid dienone is 1. The predicted octanol–water partition coefficient (Wildman–Crippen LogP) is 6.07. The van der Waals surface area contributed by atoms with Crippen LogP contribution in [0.3, 0.4) is 0 Å². The van der Waals surface area contributed by atoms with Gasteiger partial charge in [-0.2, -0.15) is 0 Å². The van der Waals surface area contributed by atoms with Crippen molar-refractivity contribution in [2.75, 3.05) is 6.61 Å². The fourth-order valence-corrected chi connectivity index (χ4v) is 3.04. The maximum absolute atomic E-state index is 11.2. The first kappa shape index (κ1) is 20.2. The lowest BCUT2D eigenvalue weighted by Crippen LogP contribution is -1.96. The third-order valence-corrected chi connectivity index (χ3v) is 4.66. The van der Waals surface area contributed by atoms with E-state index >= 15 is 0 Å². The quantitative estimate of drug-likeness (QED) is 0.359. The number of fused-ring (bicyclic) bond motifs is 1. The second-order valence-electron chi connectivity index (χ2n) is 7.29. The van der Waals surface area contributed by atoms with Crippen LogP contribution in [0.4, 0.5) is 0 Å². The van der Waals surface area contributed by atoms with Crippen LogP contribution < -0.4 is 9.47 Å². The smallest absolute Gasteiger partial charge is 0.335 e. The number of carbonyl (C=O) groups is 1. The zero-order valence-electron chi connectivity index (χ0n) is 17.3. The molecule has 6 heteroatoms. The molecule has 4 rings (SSSR count). The summed E-state index contributed by atoms with van der Waals surface area (Å²) < 4.78 is 11.8. The van der Waals surface area contributed by atoms with E-state index in [0.29, 0.717) is 40.7 Å². The molecular formula is C25H22N2O4. The lowest BCUT2D eigenvalue weighted by molar-refractivity contribution is 0.0697. The maximum Gasteiger partial charge on any atom is 0.335 e. The zero-order chi connectivity index (χ0) is 21.8. The van der Waals surface area contributed by atoms with Crippen molar-refractivity contribution in [2.24, 2.45) is 0 Å². The van der Waals surface area contributed by atoms with Crippen LogP contribution in [0.25, 0.3) is 22.4 Å². The van der Waals surface area contributed by atoms with E-state index in [1.165, 1.54) is 5.57 Å². The molecule has 156 valence electrons. The summed E-state index contributed by atoms with van der Waals surface area (Å²) >= 11 is 0. The SMILES string of the molecule is CC(C)=CCOc1ccccc1Oc1ccc(-c2nc3ccc(C(=O)O)cc3[nH]2)cc1. The van der Waals surface area contributed by atoms with Crippen LogP contribution in [0, 0.1) is 0 Å². The van der Waals surface area contributed by atoms with Crippen molar-refractivity contribution in [3.63, 3.8) is 0 Å². The van der Waals surface area contributed by atoms with Crippen molar-refractivity contribution in [3.8, 4) is 28.6 Å². The van der Waals surface area contributed by atoms with Crippen LogP contribution >= 0.6 is 0 Å². The first-order valence-electron chi connectivity index (χ1n) is 9.86. The van der Waals surface area contributed by atoms with E-state index in [9.17, 15) is 4.79 Å². The van der Waals surface area contributed by atoms with Gasteiger partial charge in [0.1, 0.15) is 18.2 Å². The van der Waals surface area contributed by atoms with Gasteiger partial charge in [-0.15, -0.1) is 0 Å². The number of nitrogens with zero attached hydrogens (tertiary/aromatic N) is 1. The molecule has 0 amide bonds.